The molecule has 1 aromatic carbocycles. The molecular formula is C14H19Cl2N. The maximum atomic E-state index is 6.32. The Kier molecular flexibility index (Phi) is 4.02. The van der Waals surface area contributed by atoms with Gasteiger partial charge in [-0.1, -0.05) is 49.0 Å². The van der Waals surface area contributed by atoms with Gasteiger partial charge in [0.15, 0.2) is 0 Å². The van der Waals surface area contributed by atoms with Crippen molar-refractivity contribution in [2.24, 2.45) is 5.41 Å². The molecule has 1 unspecified atom stereocenters. The van der Waals surface area contributed by atoms with Crippen molar-refractivity contribution < 1.29 is 0 Å². The molecule has 0 heterocycles. The van der Waals surface area contributed by atoms with Gasteiger partial charge in [-0.2, -0.15) is 0 Å². The van der Waals surface area contributed by atoms with Gasteiger partial charge in [-0.25, -0.2) is 0 Å². The third kappa shape index (κ3) is 2.62. The zero-order chi connectivity index (χ0) is 12.5. The number of benzene rings is 1. The standard InChI is InChI=1S/C14H19Cl2N/c1-14(7-3-4-8-14)13(17-2)11-6-5-10(15)9-12(11)16/h5-6,9,13,17H,3-4,7-8H2,1-2H3. The predicted molar refractivity (Wildman–Crippen MR) is 74.8 cm³/mol. The first-order valence-electron chi connectivity index (χ1n) is 6.19. The summed E-state index contributed by atoms with van der Waals surface area (Å²) in [6, 6.07) is 6.12. The molecule has 0 aliphatic heterocycles. The molecular weight excluding hydrogens is 253 g/mol. The van der Waals surface area contributed by atoms with E-state index in [0.29, 0.717) is 16.5 Å². The largest absolute Gasteiger partial charge is 0.312 e. The summed E-state index contributed by atoms with van der Waals surface area (Å²) in [6.07, 6.45) is 5.16. The summed E-state index contributed by atoms with van der Waals surface area (Å²) in [5, 5.41) is 4.90. The second kappa shape index (κ2) is 5.17. The van der Waals surface area contributed by atoms with Crippen molar-refractivity contribution in [3.05, 3.63) is 33.8 Å². The van der Waals surface area contributed by atoms with Crippen molar-refractivity contribution in [1.29, 1.82) is 0 Å². The third-order valence-corrected chi connectivity index (χ3v) is 4.57. The SMILES string of the molecule is CNC(c1ccc(Cl)cc1Cl)C1(C)CCCC1. The molecule has 3 heteroatoms. The van der Waals surface area contributed by atoms with Crippen LogP contribution in [0.5, 0.6) is 0 Å². The van der Waals surface area contributed by atoms with Crippen LogP contribution in [0.1, 0.15) is 44.2 Å². The Balaban J connectivity index is 2.34. The van der Waals surface area contributed by atoms with Gasteiger partial charge >= 0.3 is 0 Å². The highest BCUT2D eigenvalue weighted by atomic mass is 35.5. The smallest absolute Gasteiger partial charge is 0.0468 e. The van der Waals surface area contributed by atoms with Gasteiger partial charge in [0, 0.05) is 16.1 Å². The minimum atomic E-state index is 0.312. The molecule has 0 bridgehead atoms. The Bertz CT molecular complexity index is 397. The van der Waals surface area contributed by atoms with Crippen LogP contribution in [0.15, 0.2) is 18.2 Å². The predicted octanol–water partition coefficient (Wildman–Crippen LogP) is 4.83. The normalized spacial score (nSPS) is 20.5. The molecule has 1 N–H and O–H groups in total. The van der Waals surface area contributed by atoms with E-state index in [1.165, 1.54) is 31.2 Å². The van der Waals surface area contributed by atoms with E-state index in [-0.39, 0.29) is 0 Å². The fourth-order valence-electron chi connectivity index (χ4n) is 3.09. The Hall–Kier alpha value is -0.240. The van der Waals surface area contributed by atoms with Gasteiger partial charge in [0.25, 0.3) is 0 Å². The zero-order valence-corrected chi connectivity index (χ0v) is 11.9. The Morgan fingerprint density at radius 3 is 2.41 bits per heavy atom. The van der Waals surface area contributed by atoms with Gasteiger partial charge in [-0.3, -0.25) is 0 Å². The maximum absolute atomic E-state index is 6.32. The number of halogens is 2. The minimum absolute atomic E-state index is 0.312. The lowest BCUT2D eigenvalue weighted by Gasteiger charge is -2.35. The van der Waals surface area contributed by atoms with E-state index in [2.05, 4.69) is 18.3 Å². The van der Waals surface area contributed by atoms with Gasteiger partial charge in [0.1, 0.15) is 0 Å². The summed E-state index contributed by atoms with van der Waals surface area (Å²) in [5.41, 5.74) is 1.48. The monoisotopic (exact) mass is 271 g/mol. The molecule has 1 aliphatic carbocycles. The molecule has 0 amide bonds. The van der Waals surface area contributed by atoms with Crippen LogP contribution < -0.4 is 5.32 Å². The summed E-state index contributed by atoms with van der Waals surface area (Å²) < 4.78 is 0. The zero-order valence-electron chi connectivity index (χ0n) is 10.4. The minimum Gasteiger partial charge on any atom is -0.312 e. The third-order valence-electron chi connectivity index (χ3n) is 4.00. The first-order valence-corrected chi connectivity index (χ1v) is 6.95. The van der Waals surface area contributed by atoms with Crippen molar-refractivity contribution in [3.8, 4) is 0 Å². The highest BCUT2D eigenvalue weighted by Crippen LogP contribution is 2.48. The van der Waals surface area contributed by atoms with Crippen LogP contribution in [-0.2, 0) is 0 Å². The van der Waals surface area contributed by atoms with Gasteiger partial charge in [-0.15, -0.1) is 0 Å². The molecule has 0 spiro atoms. The van der Waals surface area contributed by atoms with Crippen LogP contribution >= 0.6 is 23.2 Å². The second-order valence-corrected chi connectivity index (χ2v) is 6.09. The van der Waals surface area contributed by atoms with Crippen molar-refractivity contribution in [1.82, 2.24) is 5.32 Å². The number of hydrogen-bond donors (Lipinski definition) is 1. The van der Waals surface area contributed by atoms with Crippen LogP contribution in [0, 0.1) is 5.41 Å². The summed E-state index contributed by atoms with van der Waals surface area (Å²) in [6.45, 7) is 2.35. The Morgan fingerprint density at radius 2 is 1.88 bits per heavy atom. The fraction of sp³-hybridized carbons (Fsp3) is 0.571. The topological polar surface area (TPSA) is 12.0 Å². The quantitative estimate of drug-likeness (QED) is 0.830. The van der Waals surface area contributed by atoms with E-state index in [0.717, 1.165) is 5.02 Å². The molecule has 0 aromatic heterocycles. The van der Waals surface area contributed by atoms with Crippen molar-refractivity contribution in [3.63, 3.8) is 0 Å². The molecule has 1 aliphatic rings. The van der Waals surface area contributed by atoms with Crippen molar-refractivity contribution >= 4 is 23.2 Å². The lowest BCUT2D eigenvalue weighted by Crippen LogP contribution is -2.32. The van der Waals surface area contributed by atoms with Gasteiger partial charge < -0.3 is 5.32 Å². The van der Waals surface area contributed by atoms with E-state index < -0.39 is 0 Å². The lowest BCUT2D eigenvalue weighted by molar-refractivity contribution is 0.234. The van der Waals surface area contributed by atoms with E-state index in [1.54, 1.807) is 0 Å². The number of rotatable bonds is 3. The summed E-state index contributed by atoms with van der Waals surface area (Å²) >= 11 is 12.3. The molecule has 94 valence electrons. The molecule has 1 atom stereocenters. The van der Waals surface area contributed by atoms with Crippen LogP contribution in [0.2, 0.25) is 10.0 Å². The highest BCUT2D eigenvalue weighted by Gasteiger charge is 2.37. The highest BCUT2D eigenvalue weighted by molar-refractivity contribution is 6.35. The lowest BCUT2D eigenvalue weighted by atomic mass is 9.77. The molecule has 0 saturated heterocycles. The van der Waals surface area contributed by atoms with Crippen LogP contribution in [-0.4, -0.2) is 7.05 Å². The molecule has 17 heavy (non-hydrogen) atoms. The summed E-state index contributed by atoms with van der Waals surface area (Å²) in [4.78, 5) is 0. The van der Waals surface area contributed by atoms with E-state index in [1.807, 2.05) is 19.2 Å². The van der Waals surface area contributed by atoms with Gasteiger partial charge in [-0.05, 0) is 43.0 Å². The Morgan fingerprint density at radius 1 is 1.24 bits per heavy atom. The first kappa shape index (κ1) is 13.2. The van der Waals surface area contributed by atoms with E-state index in [4.69, 9.17) is 23.2 Å². The molecule has 1 aromatic rings. The van der Waals surface area contributed by atoms with Crippen LogP contribution in [0.25, 0.3) is 0 Å². The second-order valence-electron chi connectivity index (χ2n) is 5.25. The van der Waals surface area contributed by atoms with Crippen LogP contribution in [0.4, 0.5) is 0 Å². The Labute approximate surface area is 114 Å². The van der Waals surface area contributed by atoms with Crippen molar-refractivity contribution in [2.45, 2.75) is 38.6 Å². The average Bonchev–Trinajstić information content (AvgIpc) is 2.70. The van der Waals surface area contributed by atoms with Gasteiger partial charge in [0.2, 0.25) is 0 Å². The number of hydrogen-bond acceptors (Lipinski definition) is 1. The molecule has 0 radical (unpaired) electrons. The van der Waals surface area contributed by atoms with Gasteiger partial charge in [0.05, 0.1) is 0 Å². The summed E-state index contributed by atoms with van der Waals surface area (Å²) in [7, 11) is 2.01. The number of nitrogens with one attached hydrogen (secondary N) is 1. The maximum Gasteiger partial charge on any atom is 0.0468 e. The average molecular weight is 272 g/mol. The van der Waals surface area contributed by atoms with E-state index in [9.17, 15) is 0 Å². The first-order chi connectivity index (χ1) is 8.07. The van der Waals surface area contributed by atoms with Crippen molar-refractivity contribution in [2.75, 3.05) is 7.05 Å². The molecule has 1 nitrogen and oxygen atoms in total. The molecule has 2 rings (SSSR count). The van der Waals surface area contributed by atoms with E-state index >= 15 is 0 Å². The summed E-state index contributed by atoms with van der Waals surface area (Å²) in [5.74, 6) is 0. The fourth-order valence-corrected chi connectivity index (χ4v) is 3.60. The molecule has 1 saturated carbocycles. The van der Waals surface area contributed by atoms with Crippen LogP contribution in [0.3, 0.4) is 0 Å². The molecule has 1 fully saturated rings.